The first kappa shape index (κ1) is 22.4. The summed E-state index contributed by atoms with van der Waals surface area (Å²) in [5, 5.41) is 9.74. The van der Waals surface area contributed by atoms with Crippen molar-refractivity contribution >= 4 is 17.6 Å². The number of hydrogen-bond acceptors (Lipinski definition) is 4. The number of carboxylic acids is 1. The molecule has 1 aliphatic heterocycles. The van der Waals surface area contributed by atoms with E-state index in [9.17, 15) is 4.79 Å². The molecule has 1 aliphatic rings. The van der Waals surface area contributed by atoms with Crippen LogP contribution >= 0.6 is 11.6 Å². The van der Waals surface area contributed by atoms with Gasteiger partial charge in [-0.05, 0) is 42.0 Å². The Kier molecular flexibility index (Phi) is 7.18. The van der Waals surface area contributed by atoms with Crippen LogP contribution in [0.1, 0.15) is 35.7 Å². The summed E-state index contributed by atoms with van der Waals surface area (Å²) in [6.07, 6.45) is 4.95. The molecule has 32 heavy (non-hydrogen) atoms. The lowest BCUT2D eigenvalue weighted by Gasteiger charge is -2.29. The largest absolute Gasteiger partial charge is 0.481 e. The highest BCUT2D eigenvalue weighted by Crippen LogP contribution is 2.23. The van der Waals surface area contributed by atoms with Gasteiger partial charge in [0.15, 0.2) is 5.82 Å². The maximum Gasteiger partial charge on any atom is 0.303 e. The molecule has 0 bridgehead atoms. The third kappa shape index (κ3) is 5.93. The number of rotatable bonds is 8. The Bertz CT molecular complexity index is 1070. The molecule has 0 fully saturated rings. The van der Waals surface area contributed by atoms with Crippen molar-refractivity contribution in [3.05, 3.63) is 82.1 Å². The Morgan fingerprint density at radius 1 is 1.09 bits per heavy atom. The molecule has 6 heteroatoms. The molecule has 2 aromatic carbocycles. The van der Waals surface area contributed by atoms with Gasteiger partial charge in [0.1, 0.15) is 0 Å². The number of fused-ring (bicyclic) bond motifs is 1. The minimum atomic E-state index is -0.737. The summed E-state index contributed by atoms with van der Waals surface area (Å²) in [5.41, 5.74) is 5.84. The molecule has 0 radical (unpaired) electrons. The van der Waals surface area contributed by atoms with Gasteiger partial charge in [-0.15, -0.1) is 0 Å². The van der Waals surface area contributed by atoms with Crippen molar-refractivity contribution < 1.29 is 9.90 Å². The Labute approximate surface area is 194 Å². The average Bonchev–Trinajstić information content (AvgIpc) is 2.78. The SMILES string of the molecule is CC(CC(=O)O)CN1CCc2nc(-c3ccc(CCc4ccc(Cl)cc4)cc3)ncc2C1. The number of benzene rings is 2. The summed E-state index contributed by atoms with van der Waals surface area (Å²) in [6.45, 7) is 4.45. The summed E-state index contributed by atoms with van der Waals surface area (Å²) < 4.78 is 0. The van der Waals surface area contributed by atoms with E-state index in [1.165, 1.54) is 11.1 Å². The lowest BCUT2D eigenvalue weighted by molar-refractivity contribution is -0.138. The Hall–Kier alpha value is -2.76. The van der Waals surface area contributed by atoms with Gasteiger partial charge in [-0.25, -0.2) is 9.97 Å². The second-order valence-electron chi connectivity index (χ2n) is 8.68. The summed E-state index contributed by atoms with van der Waals surface area (Å²) in [4.78, 5) is 22.7. The number of carbonyl (C=O) groups is 1. The smallest absolute Gasteiger partial charge is 0.303 e. The molecule has 0 amide bonds. The van der Waals surface area contributed by atoms with Crippen LogP contribution in [-0.2, 0) is 30.6 Å². The molecule has 1 unspecified atom stereocenters. The fourth-order valence-electron chi connectivity index (χ4n) is 4.23. The van der Waals surface area contributed by atoms with Crippen LogP contribution < -0.4 is 0 Å². The maximum absolute atomic E-state index is 10.9. The predicted octanol–water partition coefficient (Wildman–Crippen LogP) is 5.05. The van der Waals surface area contributed by atoms with Crippen LogP contribution in [0, 0.1) is 5.92 Å². The van der Waals surface area contributed by atoms with Crippen LogP contribution in [-0.4, -0.2) is 39.0 Å². The van der Waals surface area contributed by atoms with Crippen molar-refractivity contribution in [2.75, 3.05) is 13.1 Å². The van der Waals surface area contributed by atoms with E-state index in [2.05, 4.69) is 46.3 Å². The number of aliphatic carboxylic acids is 1. The number of aryl methyl sites for hydroxylation is 2. The van der Waals surface area contributed by atoms with Gasteiger partial charge >= 0.3 is 5.97 Å². The van der Waals surface area contributed by atoms with Gasteiger partial charge in [-0.2, -0.15) is 0 Å². The highest BCUT2D eigenvalue weighted by Gasteiger charge is 2.21. The van der Waals surface area contributed by atoms with Gasteiger partial charge in [0, 0.05) is 54.8 Å². The van der Waals surface area contributed by atoms with E-state index in [-0.39, 0.29) is 12.3 Å². The lowest BCUT2D eigenvalue weighted by atomic mass is 10.0. The molecule has 0 saturated carbocycles. The molecule has 3 aromatic rings. The number of nitrogens with zero attached hydrogens (tertiary/aromatic N) is 3. The molecule has 0 aliphatic carbocycles. The van der Waals surface area contributed by atoms with E-state index >= 15 is 0 Å². The molecule has 166 valence electrons. The molecule has 2 heterocycles. The fraction of sp³-hybridized carbons (Fsp3) is 0.346. The molecule has 1 N–H and O–H groups in total. The van der Waals surface area contributed by atoms with E-state index in [0.29, 0.717) is 0 Å². The number of carboxylic acid groups (broad SMARTS) is 1. The predicted molar refractivity (Wildman–Crippen MR) is 127 cm³/mol. The van der Waals surface area contributed by atoms with Gasteiger partial charge in [0.05, 0.1) is 5.69 Å². The topological polar surface area (TPSA) is 66.3 Å². The van der Waals surface area contributed by atoms with Crippen LogP contribution in [0.3, 0.4) is 0 Å². The zero-order valence-electron chi connectivity index (χ0n) is 18.3. The van der Waals surface area contributed by atoms with Crippen molar-refractivity contribution in [3.63, 3.8) is 0 Å². The average molecular weight is 450 g/mol. The molecular formula is C26H28ClN3O2. The fourth-order valence-corrected chi connectivity index (χ4v) is 4.36. The van der Waals surface area contributed by atoms with Crippen molar-refractivity contribution in [2.45, 2.75) is 39.2 Å². The van der Waals surface area contributed by atoms with Gasteiger partial charge in [0.2, 0.25) is 0 Å². The monoisotopic (exact) mass is 449 g/mol. The zero-order valence-corrected chi connectivity index (χ0v) is 19.1. The molecule has 1 atom stereocenters. The lowest BCUT2D eigenvalue weighted by Crippen LogP contribution is -2.35. The Morgan fingerprint density at radius 2 is 1.75 bits per heavy atom. The quantitative estimate of drug-likeness (QED) is 0.521. The summed E-state index contributed by atoms with van der Waals surface area (Å²) >= 11 is 5.96. The first-order valence-corrected chi connectivity index (χ1v) is 11.5. The number of hydrogen-bond donors (Lipinski definition) is 1. The Morgan fingerprint density at radius 3 is 2.41 bits per heavy atom. The summed E-state index contributed by atoms with van der Waals surface area (Å²) in [6, 6.07) is 16.5. The van der Waals surface area contributed by atoms with Gasteiger partial charge < -0.3 is 5.11 Å². The van der Waals surface area contributed by atoms with Crippen LogP contribution in [0.15, 0.2) is 54.7 Å². The second kappa shape index (κ2) is 10.2. The molecular weight excluding hydrogens is 422 g/mol. The normalized spacial score (nSPS) is 14.7. The van der Waals surface area contributed by atoms with Crippen molar-refractivity contribution in [2.24, 2.45) is 5.92 Å². The second-order valence-corrected chi connectivity index (χ2v) is 9.11. The maximum atomic E-state index is 10.9. The minimum Gasteiger partial charge on any atom is -0.481 e. The van der Waals surface area contributed by atoms with Crippen LogP contribution in [0.5, 0.6) is 0 Å². The number of halogens is 1. The van der Waals surface area contributed by atoms with Crippen molar-refractivity contribution in [1.82, 2.24) is 14.9 Å². The number of aromatic nitrogens is 2. The molecule has 0 saturated heterocycles. The third-order valence-electron chi connectivity index (χ3n) is 5.93. The Balaban J connectivity index is 1.36. The van der Waals surface area contributed by atoms with E-state index in [1.807, 2.05) is 25.3 Å². The van der Waals surface area contributed by atoms with Crippen LogP contribution in [0.25, 0.3) is 11.4 Å². The van der Waals surface area contributed by atoms with Gasteiger partial charge in [-0.1, -0.05) is 54.9 Å². The van der Waals surface area contributed by atoms with Crippen molar-refractivity contribution in [3.8, 4) is 11.4 Å². The summed E-state index contributed by atoms with van der Waals surface area (Å²) in [7, 11) is 0. The molecule has 5 nitrogen and oxygen atoms in total. The molecule has 1 aromatic heterocycles. The standard InChI is InChI=1S/C26H28ClN3O2/c1-18(14-25(31)32)16-30-13-12-24-22(17-30)15-28-26(29-24)21-8-4-19(5-9-21)2-3-20-6-10-23(27)11-7-20/h4-11,15,18H,2-3,12-14,16-17H2,1H3,(H,31,32). The van der Waals surface area contributed by atoms with E-state index in [4.69, 9.17) is 21.7 Å². The van der Waals surface area contributed by atoms with E-state index in [0.717, 1.165) is 66.6 Å². The zero-order chi connectivity index (χ0) is 22.5. The first-order chi connectivity index (χ1) is 15.5. The highest BCUT2D eigenvalue weighted by atomic mass is 35.5. The molecule has 4 rings (SSSR count). The van der Waals surface area contributed by atoms with Gasteiger partial charge in [-0.3, -0.25) is 9.69 Å². The molecule has 0 spiro atoms. The van der Waals surface area contributed by atoms with Crippen LogP contribution in [0.4, 0.5) is 0 Å². The summed E-state index contributed by atoms with van der Waals surface area (Å²) in [5.74, 6) is 0.159. The first-order valence-electron chi connectivity index (χ1n) is 11.1. The van der Waals surface area contributed by atoms with E-state index in [1.54, 1.807) is 0 Å². The minimum absolute atomic E-state index is 0.132. The third-order valence-corrected chi connectivity index (χ3v) is 6.19. The highest BCUT2D eigenvalue weighted by molar-refractivity contribution is 6.30. The van der Waals surface area contributed by atoms with Crippen molar-refractivity contribution in [1.29, 1.82) is 0 Å². The van der Waals surface area contributed by atoms with Crippen LogP contribution in [0.2, 0.25) is 5.02 Å². The van der Waals surface area contributed by atoms with E-state index < -0.39 is 5.97 Å². The van der Waals surface area contributed by atoms with Gasteiger partial charge in [0.25, 0.3) is 0 Å².